The van der Waals surface area contributed by atoms with Crippen molar-refractivity contribution in [2.75, 3.05) is 27.2 Å². The first-order chi connectivity index (χ1) is 11.9. The number of amides is 1. The topological polar surface area (TPSA) is 41.4 Å². The minimum Gasteiger partial charge on any atom is -0.334 e. The Kier molecular flexibility index (Phi) is 7.29. The van der Waals surface area contributed by atoms with Gasteiger partial charge < -0.3 is 14.4 Å². The zero-order valence-electron chi connectivity index (χ0n) is 14.9. The van der Waals surface area contributed by atoms with Gasteiger partial charge >= 0.3 is 0 Å². The Bertz CT molecular complexity index is 715. The number of carbonyl (C=O) groups excluding carboxylic acids is 1. The van der Waals surface area contributed by atoms with Gasteiger partial charge in [-0.2, -0.15) is 0 Å². The zero-order chi connectivity index (χ0) is 18.4. The Hall–Kier alpha value is -1.56. The fraction of sp³-hybridized carbons (Fsp3) is 0.444. The number of nitrogens with zero attached hydrogens (tertiary/aromatic N) is 4. The number of rotatable bonds is 8. The molecule has 0 radical (unpaired) electrons. The standard InChI is InChI=1S/C18H24Cl2N4O/c1-4-18(25)24(10-9-22(2)3)13-17-21-7-8-23(17)12-14-5-6-15(19)16(20)11-14/h5-8,11H,4,9-10,12-13H2,1-3H3. The van der Waals surface area contributed by atoms with Crippen molar-refractivity contribution in [1.29, 1.82) is 0 Å². The van der Waals surface area contributed by atoms with E-state index in [0.29, 0.717) is 36.1 Å². The summed E-state index contributed by atoms with van der Waals surface area (Å²) in [4.78, 5) is 20.6. The minimum absolute atomic E-state index is 0.130. The molecule has 1 amide bonds. The first-order valence-electron chi connectivity index (χ1n) is 8.27. The monoisotopic (exact) mass is 382 g/mol. The molecule has 0 aliphatic heterocycles. The molecule has 0 saturated carbocycles. The van der Waals surface area contributed by atoms with Crippen LogP contribution in [0.3, 0.4) is 0 Å². The normalized spacial score (nSPS) is 11.1. The lowest BCUT2D eigenvalue weighted by molar-refractivity contribution is -0.131. The van der Waals surface area contributed by atoms with Crippen LogP contribution in [0.25, 0.3) is 0 Å². The lowest BCUT2D eigenvalue weighted by Crippen LogP contribution is -2.36. The van der Waals surface area contributed by atoms with E-state index in [4.69, 9.17) is 23.2 Å². The third kappa shape index (κ3) is 5.73. The second-order valence-electron chi connectivity index (χ2n) is 6.19. The van der Waals surface area contributed by atoms with Crippen LogP contribution in [-0.4, -0.2) is 52.4 Å². The average Bonchev–Trinajstić information content (AvgIpc) is 3.00. The predicted octanol–water partition coefficient (Wildman–Crippen LogP) is 3.54. The summed E-state index contributed by atoms with van der Waals surface area (Å²) in [6.45, 7) is 4.51. The molecule has 2 aromatic rings. The van der Waals surface area contributed by atoms with Gasteiger partial charge in [0.15, 0.2) is 0 Å². The zero-order valence-corrected chi connectivity index (χ0v) is 16.4. The van der Waals surface area contributed by atoms with Gasteiger partial charge in [-0.15, -0.1) is 0 Å². The van der Waals surface area contributed by atoms with Crippen molar-refractivity contribution in [3.8, 4) is 0 Å². The van der Waals surface area contributed by atoms with E-state index in [1.165, 1.54) is 0 Å². The van der Waals surface area contributed by atoms with Gasteiger partial charge in [0.05, 0.1) is 16.6 Å². The maximum Gasteiger partial charge on any atom is 0.222 e. The number of likely N-dealkylation sites (N-methyl/N-ethyl adjacent to an activating group) is 1. The lowest BCUT2D eigenvalue weighted by atomic mass is 10.2. The molecule has 0 N–H and O–H groups in total. The Morgan fingerprint density at radius 2 is 1.96 bits per heavy atom. The number of hydrogen-bond acceptors (Lipinski definition) is 3. The number of imidazole rings is 1. The molecule has 1 heterocycles. The summed E-state index contributed by atoms with van der Waals surface area (Å²) in [5.41, 5.74) is 1.04. The highest BCUT2D eigenvalue weighted by Gasteiger charge is 2.15. The van der Waals surface area contributed by atoms with E-state index < -0.39 is 0 Å². The van der Waals surface area contributed by atoms with Crippen LogP contribution in [0.2, 0.25) is 10.0 Å². The minimum atomic E-state index is 0.130. The van der Waals surface area contributed by atoms with Crippen LogP contribution in [0.1, 0.15) is 24.7 Å². The van der Waals surface area contributed by atoms with Crippen LogP contribution in [0, 0.1) is 0 Å². The van der Waals surface area contributed by atoms with Gasteiger partial charge in [-0.3, -0.25) is 4.79 Å². The molecule has 1 aromatic carbocycles. The molecule has 0 atom stereocenters. The highest BCUT2D eigenvalue weighted by atomic mass is 35.5. The molecule has 0 bridgehead atoms. The fourth-order valence-electron chi connectivity index (χ4n) is 2.48. The fourth-order valence-corrected chi connectivity index (χ4v) is 2.80. The second-order valence-corrected chi connectivity index (χ2v) is 7.01. The molecule has 0 fully saturated rings. The molecule has 136 valence electrons. The summed E-state index contributed by atoms with van der Waals surface area (Å²) in [6, 6.07) is 5.59. The van der Waals surface area contributed by atoms with E-state index in [2.05, 4.69) is 9.88 Å². The van der Waals surface area contributed by atoms with E-state index in [-0.39, 0.29) is 5.91 Å². The third-order valence-electron chi connectivity index (χ3n) is 3.94. The lowest BCUT2D eigenvalue weighted by Gasteiger charge is -2.24. The Morgan fingerprint density at radius 1 is 1.20 bits per heavy atom. The van der Waals surface area contributed by atoms with Crippen molar-refractivity contribution >= 4 is 29.1 Å². The van der Waals surface area contributed by atoms with Gasteiger partial charge in [-0.1, -0.05) is 36.2 Å². The van der Waals surface area contributed by atoms with Crippen LogP contribution in [0.4, 0.5) is 0 Å². The quantitative estimate of drug-likeness (QED) is 0.700. The molecule has 1 aromatic heterocycles. The van der Waals surface area contributed by atoms with Crippen molar-refractivity contribution < 1.29 is 4.79 Å². The maximum atomic E-state index is 12.2. The first-order valence-corrected chi connectivity index (χ1v) is 9.02. The summed E-state index contributed by atoms with van der Waals surface area (Å²) in [6.07, 6.45) is 4.16. The van der Waals surface area contributed by atoms with Gasteiger partial charge in [-0.25, -0.2) is 4.98 Å². The average molecular weight is 383 g/mol. The number of carbonyl (C=O) groups is 1. The summed E-state index contributed by atoms with van der Waals surface area (Å²) < 4.78 is 2.03. The number of benzene rings is 1. The highest BCUT2D eigenvalue weighted by Crippen LogP contribution is 2.23. The number of halogens is 2. The van der Waals surface area contributed by atoms with Crippen molar-refractivity contribution in [1.82, 2.24) is 19.4 Å². The smallest absolute Gasteiger partial charge is 0.222 e. The summed E-state index contributed by atoms with van der Waals surface area (Å²) in [7, 11) is 4.00. The summed E-state index contributed by atoms with van der Waals surface area (Å²) >= 11 is 12.1. The molecular weight excluding hydrogens is 359 g/mol. The largest absolute Gasteiger partial charge is 0.334 e. The van der Waals surface area contributed by atoms with Gasteiger partial charge in [0, 0.05) is 38.4 Å². The van der Waals surface area contributed by atoms with E-state index >= 15 is 0 Å². The van der Waals surface area contributed by atoms with E-state index in [9.17, 15) is 4.79 Å². The molecule has 0 aliphatic rings. The number of aromatic nitrogens is 2. The molecule has 5 nitrogen and oxygen atoms in total. The molecule has 2 rings (SSSR count). The van der Waals surface area contributed by atoms with Crippen LogP contribution < -0.4 is 0 Å². The third-order valence-corrected chi connectivity index (χ3v) is 4.68. The Balaban J connectivity index is 2.12. The van der Waals surface area contributed by atoms with E-state index in [1.54, 1.807) is 12.3 Å². The molecule has 0 aliphatic carbocycles. The van der Waals surface area contributed by atoms with Crippen LogP contribution in [-0.2, 0) is 17.9 Å². The Labute approximate surface area is 159 Å². The van der Waals surface area contributed by atoms with Crippen LogP contribution >= 0.6 is 23.2 Å². The van der Waals surface area contributed by atoms with E-state index in [1.807, 2.05) is 48.8 Å². The summed E-state index contributed by atoms with van der Waals surface area (Å²) in [5, 5.41) is 1.08. The molecular formula is C18H24Cl2N4O. The number of hydrogen-bond donors (Lipinski definition) is 0. The first kappa shape index (κ1) is 19.8. The molecule has 25 heavy (non-hydrogen) atoms. The van der Waals surface area contributed by atoms with Gasteiger partial charge in [0.2, 0.25) is 5.91 Å². The van der Waals surface area contributed by atoms with Crippen LogP contribution in [0.15, 0.2) is 30.6 Å². The van der Waals surface area contributed by atoms with Crippen molar-refractivity contribution in [2.45, 2.75) is 26.4 Å². The van der Waals surface area contributed by atoms with Gasteiger partial charge in [0.1, 0.15) is 5.82 Å². The molecule has 7 heteroatoms. The second kappa shape index (κ2) is 9.22. The molecule has 0 saturated heterocycles. The molecule has 0 spiro atoms. The predicted molar refractivity (Wildman–Crippen MR) is 102 cm³/mol. The highest BCUT2D eigenvalue weighted by molar-refractivity contribution is 6.42. The SMILES string of the molecule is CCC(=O)N(CCN(C)C)Cc1nccn1Cc1ccc(Cl)c(Cl)c1. The Morgan fingerprint density at radius 3 is 2.60 bits per heavy atom. The van der Waals surface area contributed by atoms with Crippen molar-refractivity contribution in [3.05, 3.63) is 52.0 Å². The van der Waals surface area contributed by atoms with Gasteiger partial charge in [-0.05, 0) is 31.8 Å². The van der Waals surface area contributed by atoms with Crippen molar-refractivity contribution in [2.24, 2.45) is 0 Å². The van der Waals surface area contributed by atoms with Gasteiger partial charge in [0.25, 0.3) is 0 Å². The van der Waals surface area contributed by atoms with Crippen LogP contribution in [0.5, 0.6) is 0 Å². The van der Waals surface area contributed by atoms with Crippen molar-refractivity contribution in [3.63, 3.8) is 0 Å². The molecule has 0 unspecified atom stereocenters. The maximum absolute atomic E-state index is 12.2. The van der Waals surface area contributed by atoms with E-state index in [0.717, 1.165) is 17.9 Å². The summed E-state index contributed by atoms with van der Waals surface area (Å²) in [5.74, 6) is 0.984.